The van der Waals surface area contributed by atoms with Crippen LogP contribution in [0.2, 0.25) is 0 Å². The highest BCUT2D eigenvalue weighted by molar-refractivity contribution is 5.66. The molecule has 0 saturated heterocycles. The van der Waals surface area contributed by atoms with Crippen molar-refractivity contribution in [2.45, 2.75) is 64.2 Å². The summed E-state index contributed by atoms with van der Waals surface area (Å²) in [6.45, 7) is 7.18. The molecule has 0 heterocycles. The molecule has 0 N–H and O–H groups in total. The van der Waals surface area contributed by atoms with Gasteiger partial charge < -0.3 is 14.2 Å². The van der Waals surface area contributed by atoms with Gasteiger partial charge in [-0.25, -0.2) is 8.78 Å². The minimum atomic E-state index is -0.975. The molecule has 214 valence electrons. The zero-order valence-corrected chi connectivity index (χ0v) is 23.3. The van der Waals surface area contributed by atoms with Gasteiger partial charge in [-0.05, 0) is 104 Å². The first-order chi connectivity index (χ1) is 19.5. The summed E-state index contributed by atoms with van der Waals surface area (Å²) in [7, 11) is 0. The zero-order chi connectivity index (χ0) is 28.3. The second-order valence-corrected chi connectivity index (χ2v) is 10.5. The number of hydrogen-bond donors (Lipinski definition) is 0. The minimum absolute atomic E-state index is 0.0753. The summed E-state index contributed by atoms with van der Waals surface area (Å²) in [6, 6.07) is 15.3. The molecule has 0 atom stereocenters. The third-order valence-corrected chi connectivity index (χ3v) is 7.54. The van der Waals surface area contributed by atoms with E-state index in [4.69, 9.17) is 14.2 Å². The molecule has 1 aliphatic carbocycles. The van der Waals surface area contributed by atoms with E-state index < -0.39 is 11.6 Å². The zero-order valence-electron chi connectivity index (χ0n) is 23.3. The average molecular weight is 553 g/mol. The molecule has 3 aromatic carbocycles. The highest BCUT2D eigenvalue weighted by Crippen LogP contribution is 2.38. The van der Waals surface area contributed by atoms with Crippen LogP contribution in [0.1, 0.15) is 69.8 Å². The molecule has 6 heteroatoms. The standard InChI is InChI=1S/C34H39F3O3/c1-3-5-7-21-39-31-18-14-27(22-30(31)35)25-10-8-24(9-11-25)23-40-32-19-17-29(33(36)34(32)37)26-12-15-28(16-13-26)38-20-6-4-2/h3,12-19,22,24-25H,1,4-11,20-21,23H2,2H3. The van der Waals surface area contributed by atoms with Crippen LogP contribution in [0.3, 0.4) is 0 Å². The number of unbranched alkanes of at least 4 members (excludes halogenated alkanes) is 2. The number of hydrogen-bond acceptors (Lipinski definition) is 3. The number of ether oxygens (including phenoxy) is 3. The third kappa shape index (κ3) is 7.83. The molecular formula is C34H39F3O3. The van der Waals surface area contributed by atoms with Gasteiger partial charge in [-0.3, -0.25) is 0 Å². The fourth-order valence-electron chi connectivity index (χ4n) is 5.10. The number of allylic oxidation sites excluding steroid dienone is 1. The molecule has 1 saturated carbocycles. The maximum atomic E-state index is 14.9. The van der Waals surface area contributed by atoms with E-state index in [-0.39, 0.29) is 34.7 Å². The highest BCUT2D eigenvalue weighted by atomic mass is 19.2. The van der Waals surface area contributed by atoms with Crippen molar-refractivity contribution in [3.05, 3.63) is 90.3 Å². The maximum absolute atomic E-state index is 14.9. The summed E-state index contributed by atoms with van der Waals surface area (Å²) >= 11 is 0. The SMILES string of the molecule is C=CCCCOc1ccc(C2CCC(COc3ccc(-c4ccc(OCCCC)cc4)c(F)c3F)CC2)cc1F. The summed E-state index contributed by atoms with van der Waals surface area (Å²) in [4.78, 5) is 0. The van der Waals surface area contributed by atoms with E-state index >= 15 is 0 Å². The second-order valence-electron chi connectivity index (χ2n) is 10.5. The summed E-state index contributed by atoms with van der Waals surface area (Å²) in [6.07, 6.45) is 9.00. The molecular weight excluding hydrogens is 513 g/mol. The number of benzene rings is 3. The van der Waals surface area contributed by atoms with Crippen LogP contribution in [0.25, 0.3) is 11.1 Å². The van der Waals surface area contributed by atoms with E-state index in [1.807, 2.05) is 12.1 Å². The maximum Gasteiger partial charge on any atom is 0.201 e. The van der Waals surface area contributed by atoms with Crippen molar-refractivity contribution >= 4 is 0 Å². The minimum Gasteiger partial charge on any atom is -0.494 e. The number of rotatable bonds is 14. The third-order valence-electron chi connectivity index (χ3n) is 7.54. The quantitative estimate of drug-likeness (QED) is 0.147. The largest absolute Gasteiger partial charge is 0.494 e. The van der Waals surface area contributed by atoms with Crippen LogP contribution in [0.4, 0.5) is 13.2 Å². The van der Waals surface area contributed by atoms with Gasteiger partial charge in [0.05, 0.1) is 19.8 Å². The lowest BCUT2D eigenvalue weighted by molar-refractivity contribution is 0.192. The lowest BCUT2D eigenvalue weighted by atomic mass is 9.79. The van der Waals surface area contributed by atoms with Crippen molar-refractivity contribution in [3.8, 4) is 28.4 Å². The Balaban J connectivity index is 1.27. The molecule has 0 bridgehead atoms. The van der Waals surface area contributed by atoms with Gasteiger partial charge in [-0.15, -0.1) is 6.58 Å². The van der Waals surface area contributed by atoms with E-state index in [9.17, 15) is 13.2 Å². The molecule has 1 aliphatic rings. The van der Waals surface area contributed by atoms with Crippen molar-refractivity contribution in [2.24, 2.45) is 5.92 Å². The summed E-state index contributed by atoms with van der Waals surface area (Å²) in [5.74, 6) is -0.823. The Morgan fingerprint density at radius 3 is 2.23 bits per heavy atom. The molecule has 1 fully saturated rings. The van der Waals surface area contributed by atoms with Gasteiger partial charge in [0.2, 0.25) is 5.82 Å². The Labute approximate surface area is 236 Å². The van der Waals surface area contributed by atoms with Crippen molar-refractivity contribution in [1.29, 1.82) is 0 Å². The first-order valence-electron chi connectivity index (χ1n) is 14.4. The van der Waals surface area contributed by atoms with Gasteiger partial charge >= 0.3 is 0 Å². The number of halogens is 3. The molecule has 4 rings (SSSR count). The van der Waals surface area contributed by atoms with E-state index in [0.29, 0.717) is 31.1 Å². The topological polar surface area (TPSA) is 27.7 Å². The van der Waals surface area contributed by atoms with Crippen LogP contribution in [0.5, 0.6) is 17.2 Å². The van der Waals surface area contributed by atoms with E-state index in [0.717, 1.165) is 56.9 Å². The molecule has 0 aliphatic heterocycles. The van der Waals surface area contributed by atoms with Gasteiger partial charge in [0.1, 0.15) is 5.75 Å². The van der Waals surface area contributed by atoms with Crippen molar-refractivity contribution in [3.63, 3.8) is 0 Å². The Hall–Kier alpha value is -3.41. The van der Waals surface area contributed by atoms with Crippen LogP contribution in [-0.4, -0.2) is 19.8 Å². The fraction of sp³-hybridized carbons (Fsp3) is 0.412. The average Bonchev–Trinajstić information content (AvgIpc) is 2.98. The van der Waals surface area contributed by atoms with Gasteiger partial charge in [-0.2, -0.15) is 4.39 Å². The predicted octanol–water partition coefficient (Wildman–Crippen LogP) is 9.65. The molecule has 40 heavy (non-hydrogen) atoms. The Kier molecular flexibility index (Phi) is 11.0. The molecule has 0 spiro atoms. The second kappa shape index (κ2) is 14.8. The first kappa shape index (κ1) is 29.6. The molecule has 0 radical (unpaired) electrons. The van der Waals surface area contributed by atoms with Gasteiger partial charge in [0.25, 0.3) is 0 Å². The van der Waals surface area contributed by atoms with Gasteiger partial charge in [0, 0.05) is 5.56 Å². The fourth-order valence-corrected chi connectivity index (χ4v) is 5.10. The van der Waals surface area contributed by atoms with Crippen molar-refractivity contribution in [1.82, 2.24) is 0 Å². The van der Waals surface area contributed by atoms with Crippen LogP contribution in [0, 0.1) is 23.4 Å². The van der Waals surface area contributed by atoms with Crippen LogP contribution in [-0.2, 0) is 0 Å². The Morgan fingerprint density at radius 2 is 1.52 bits per heavy atom. The van der Waals surface area contributed by atoms with Crippen LogP contribution in [0.15, 0.2) is 67.3 Å². The highest BCUT2D eigenvalue weighted by Gasteiger charge is 2.25. The molecule has 0 amide bonds. The Bertz CT molecular complexity index is 1230. The first-order valence-corrected chi connectivity index (χ1v) is 14.4. The van der Waals surface area contributed by atoms with Crippen LogP contribution >= 0.6 is 0 Å². The van der Waals surface area contributed by atoms with E-state index in [1.165, 1.54) is 6.07 Å². The van der Waals surface area contributed by atoms with Crippen LogP contribution < -0.4 is 14.2 Å². The summed E-state index contributed by atoms with van der Waals surface area (Å²) in [5, 5.41) is 0. The predicted molar refractivity (Wildman–Crippen MR) is 154 cm³/mol. The lowest BCUT2D eigenvalue weighted by Gasteiger charge is -2.29. The molecule has 0 aromatic heterocycles. The van der Waals surface area contributed by atoms with Gasteiger partial charge in [-0.1, -0.05) is 37.6 Å². The molecule has 3 aromatic rings. The normalized spacial score (nSPS) is 16.9. The summed E-state index contributed by atoms with van der Waals surface area (Å²) < 4.78 is 61.3. The molecule has 0 unspecified atom stereocenters. The van der Waals surface area contributed by atoms with Crippen molar-refractivity contribution < 1.29 is 27.4 Å². The Morgan fingerprint density at radius 1 is 0.800 bits per heavy atom. The lowest BCUT2D eigenvalue weighted by Crippen LogP contribution is -2.19. The molecule has 3 nitrogen and oxygen atoms in total. The smallest absolute Gasteiger partial charge is 0.201 e. The van der Waals surface area contributed by atoms with Crippen molar-refractivity contribution in [2.75, 3.05) is 19.8 Å². The van der Waals surface area contributed by atoms with Gasteiger partial charge in [0.15, 0.2) is 23.1 Å². The van der Waals surface area contributed by atoms with E-state index in [1.54, 1.807) is 42.5 Å². The summed E-state index contributed by atoms with van der Waals surface area (Å²) in [5.41, 5.74) is 1.73. The monoisotopic (exact) mass is 552 g/mol. The van der Waals surface area contributed by atoms with E-state index in [2.05, 4.69) is 13.5 Å².